The normalized spacial score (nSPS) is 19.1. The van der Waals surface area contributed by atoms with Crippen molar-refractivity contribution in [1.82, 2.24) is 9.88 Å². The maximum atomic E-state index is 10.5. The van der Waals surface area contributed by atoms with E-state index < -0.39 is 6.10 Å². The molecule has 0 aliphatic carbocycles. The van der Waals surface area contributed by atoms with Gasteiger partial charge in [-0.1, -0.05) is 0 Å². The lowest BCUT2D eigenvalue weighted by Gasteiger charge is -2.31. The highest BCUT2D eigenvalue weighted by atomic mass is 16.3. The number of pyridine rings is 1. The van der Waals surface area contributed by atoms with Crippen LogP contribution in [0.25, 0.3) is 11.0 Å². The fourth-order valence-corrected chi connectivity index (χ4v) is 2.77. The number of aromatic nitrogens is 1. The minimum Gasteiger partial charge on any atom is -0.444 e. The Balaban J connectivity index is 1.84. The smallest absolute Gasteiger partial charge is 0.204 e. The molecule has 5 nitrogen and oxygen atoms in total. The third-order valence-electron chi connectivity index (χ3n) is 4.05. The third-order valence-corrected chi connectivity index (χ3v) is 4.05. The summed E-state index contributed by atoms with van der Waals surface area (Å²) in [6.45, 7) is 2.02. The first-order chi connectivity index (χ1) is 9.67. The fourth-order valence-electron chi connectivity index (χ4n) is 2.77. The van der Waals surface area contributed by atoms with E-state index in [1.54, 1.807) is 12.3 Å². The van der Waals surface area contributed by atoms with Gasteiger partial charge in [0.2, 0.25) is 5.76 Å². The first-order valence-corrected chi connectivity index (χ1v) is 6.83. The van der Waals surface area contributed by atoms with Crippen molar-refractivity contribution in [2.45, 2.75) is 18.9 Å². The van der Waals surface area contributed by atoms with E-state index in [0.717, 1.165) is 31.3 Å². The van der Waals surface area contributed by atoms with Crippen LogP contribution in [0.3, 0.4) is 0 Å². The van der Waals surface area contributed by atoms with Crippen molar-refractivity contribution < 1.29 is 9.52 Å². The van der Waals surface area contributed by atoms with E-state index >= 15 is 0 Å². The highest BCUT2D eigenvalue weighted by Crippen LogP contribution is 2.31. The maximum Gasteiger partial charge on any atom is 0.204 e. The van der Waals surface area contributed by atoms with E-state index in [2.05, 4.69) is 16.9 Å². The number of aliphatic hydroxyl groups is 1. The van der Waals surface area contributed by atoms with Crippen LogP contribution < -0.4 is 0 Å². The molecule has 1 saturated heterocycles. The van der Waals surface area contributed by atoms with Crippen molar-refractivity contribution >= 4 is 11.0 Å². The van der Waals surface area contributed by atoms with Crippen LogP contribution in [0.2, 0.25) is 0 Å². The number of rotatable bonds is 2. The van der Waals surface area contributed by atoms with Crippen molar-refractivity contribution in [3.63, 3.8) is 0 Å². The molecule has 104 valence electrons. The van der Waals surface area contributed by atoms with Gasteiger partial charge < -0.3 is 14.4 Å². The van der Waals surface area contributed by atoms with Crippen LogP contribution in [0.5, 0.6) is 0 Å². The largest absolute Gasteiger partial charge is 0.444 e. The zero-order valence-corrected chi connectivity index (χ0v) is 11.4. The number of likely N-dealkylation sites (tertiary alicyclic amines) is 1. The number of nitrogens with zero attached hydrogens (tertiary/aromatic N) is 3. The highest BCUT2D eigenvalue weighted by Gasteiger charge is 2.26. The van der Waals surface area contributed by atoms with Crippen molar-refractivity contribution in [2.24, 2.45) is 5.92 Å². The predicted octanol–water partition coefficient (Wildman–Crippen LogP) is 2.07. The number of furan rings is 1. The van der Waals surface area contributed by atoms with Crippen LogP contribution in [0.1, 0.15) is 30.4 Å². The summed E-state index contributed by atoms with van der Waals surface area (Å²) in [6, 6.07) is 5.48. The van der Waals surface area contributed by atoms with Crippen molar-refractivity contribution in [1.29, 1.82) is 5.26 Å². The van der Waals surface area contributed by atoms with Gasteiger partial charge in [0.25, 0.3) is 0 Å². The average Bonchev–Trinajstić information content (AvgIpc) is 2.89. The maximum absolute atomic E-state index is 10.5. The molecule has 20 heavy (non-hydrogen) atoms. The third kappa shape index (κ3) is 2.40. The topological polar surface area (TPSA) is 73.3 Å². The summed E-state index contributed by atoms with van der Waals surface area (Å²) >= 11 is 0. The molecule has 0 radical (unpaired) electrons. The Bertz CT molecular complexity index is 651. The highest BCUT2D eigenvalue weighted by molar-refractivity contribution is 5.78. The van der Waals surface area contributed by atoms with Crippen LogP contribution in [0, 0.1) is 17.2 Å². The summed E-state index contributed by atoms with van der Waals surface area (Å²) in [6.07, 6.45) is 3.00. The van der Waals surface area contributed by atoms with E-state index in [9.17, 15) is 5.11 Å². The Morgan fingerprint density at radius 2 is 2.20 bits per heavy atom. The molecule has 0 aromatic carbocycles. The number of nitriles is 1. The van der Waals surface area contributed by atoms with E-state index in [4.69, 9.17) is 9.68 Å². The van der Waals surface area contributed by atoms with Gasteiger partial charge in [0.1, 0.15) is 6.07 Å². The second-order valence-corrected chi connectivity index (χ2v) is 5.45. The molecule has 1 atom stereocenters. The molecule has 0 spiro atoms. The first kappa shape index (κ1) is 13.1. The molecule has 1 N–H and O–H groups in total. The Labute approximate surface area is 117 Å². The fraction of sp³-hybridized carbons (Fsp3) is 0.467. The van der Waals surface area contributed by atoms with Gasteiger partial charge in [0, 0.05) is 11.5 Å². The lowest BCUT2D eigenvalue weighted by atomic mass is 9.89. The summed E-state index contributed by atoms with van der Waals surface area (Å²) in [5.41, 5.74) is 1.25. The molecule has 0 saturated carbocycles. The van der Waals surface area contributed by atoms with Gasteiger partial charge in [-0.2, -0.15) is 5.26 Å². The standard InChI is InChI=1S/C15H17N3O2/c1-18-4-2-10(3-5-18)15(19)13-7-11-6-12(8-16)20-14(11)9-17-13/h6-7,9-10,15,19H,2-5H2,1H3. The van der Waals surface area contributed by atoms with Crippen LogP contribution in [-0.4, -0.2) is 35.1 Å². The van der Waals surface area contributed by atoms with E-state index in [1.165, 1.54) is 0 Å². The zero-order valence-electron chi connectivity index (χ0n) is 11.4. The van der Waals surface area contributed by atoms with E-state index in [-0.39, 0.29) is 11.7 Å². The lowest BCUT2D eigenvalue weighted by molar-refractivity contribution is 0.0628. The molecule has 3 heterocycles. The van der Waals surface area contributed by atoms with E-state index in [1.807, 2.05) is 12.1 Å². The molecular formula is C15H17N3O2. The first-order valence-electron chi connectivity index (χ1n) is 6.83. The van der Waals surface area contributed by atoms with Gasteiger partial charge in [-0.05, 0) is 45.0 Å². The molecule has 0 bridgehead atoms. The Morgan fingerprint density at radius 1 is 1.45 bits per heavy atom. The summed E-state index contributed by atoms with van der Waals surface area (Å²) < 4.78 is 5.30. The monoisotopic (exact) mass is 271 g/mol. The molecule has 0 amide bonds. The quantitative estimate of drug-likeness (QED) is 0.905. The van der Waals surface area contributed by atoms with Crippen LogP contribution in [0.4, 0.5) is 0 Å². The van der Waals surface area contributed by atoms with Gasteiger partial charge in [0.15, 0.2) is 5.58 Å². The minimum absolute atomic E-state index is 0.249. The van der Waals surface area contributed by atoms with Crippen LogP contribution >= 0.6 is 0 Å². The molecule has 2 aromatic heterocycles. The molecule has 3 rings (SSSR count). The van der Waals surface area contributed by atoms with Crippen molar-refractivity contribution in [2.75, 3.05) is 20.1 Å². The Morgan fingerprint density at radius 3 is 2.90 bits per heavy atom. The Hall–Kier alpha value is -1.90. The lowest BCUT2D eigenvalue weighted by Crippen LogP contribution is -2.32. The number of hydrogen-bond donors (Lipinski definition) is 1. The average molecular weight is 271 g/mol. The van der Waals surface area contributed by atoms with Gasteiger partial charge in [0.05, 0.1) is 18.0 Å². The van der Waals surface area contributed by atoms with Crippen molar-refractivity contribution in [3.8, 4) is 6.07 Å². The summed E-state index contributed by atoms with van der Waals surface area (Å²) in [5, 5.41) is 20.1. The molecule has 1 aliphatic rings. The van der Waals surface area contributed by atoms with Crippen molar-refractivity contribution in [3.05, 3.63) is 29.8 Å². The molecule has 1 unspecified atom stereocenters. The minimum atomic E-state index is -0.548. The summed E-state index contributed by atoms with van der Waals surface area (Å²) in [7, 11) is 2.10. The van der Waals surface area contributed by atoms with Gasteiger partial charge in [-0.3, -0.25) is 4.98 Å². The summed E-state index contributed by atoms with van der Waals surface area (Å²) in [4.78, 5) is 6.55. The SMILES string of the molecule is CN1CCC(C(O)c2cc3cc(C#N)oc3cn2)CC1. The number of piperidine rings is 1. The van der Waals surface area contributed by atoms with Gasteiger partial charge >= 0.3 is 0 Å². The molecular weight excluding hydrogens is 254 g/mol. The second kappa shape index (κ2) is 5.23. The van der Waals surface area contributed by atoms with E-state index in [0.29, 0.717) is 11.3 Å². The molecule has 2 aromatic rings. The summed E-state index contributed by atoms with van der Waals surface area (Å²) in [5.74, 6) is 0.520. The van der Waals surface area contributed by atoms with Crippen LogP contribution in [-0.2, 0) is 0 Å². The van der Waals surface area contributed by atoms with Gasteiger partial charge in [-0.15, -0.1) is 0 Å². The number of aliphatic hydroxyl groups excluding tert-OH is 1. The Kier molecular flexibility index (Phi) is 3.43. The zero-order chi connectivity index (χ0) is 14.1. The molecule has 1 fully saturated rings. The van der Waals surface area contributed by atoms with Crippen LogP contribution in [0.15, 0.2) is 22.7 Å². The molecule has 1 aliphatic heterocycles. The number of hydrogen-bond acceptors (Lipinski definition) is 5. The van der Waals surface area contributed by atoms with Gasteiger partial charge in [-0.25, -0.2) is 0 Å². The predicted molar refractivity (Wildman–Crippen MR) is 73.9 cm³/mol. The molecule has 5 heteroatoms. The number of fused-ring (bicyclic) bond motifs is 1. The second-order valence-electron chi connectivity index (χ2n) is 5.45.